The summed E-state index contributed by atoms with van der Waals surface area (Å²) in [5, 5.41) is 16.7. The lowest BCUT2D eigenvalue weighted by Crippen LogP contribution is -2.55. The van der Waals surface area contributed by atoms with E-state index in [1.165, 1.54) is 12.0 Å². The summed E-state index contributed by atoms with van der Waals surface area (Å²) in [5.74, 6) is -2.62. The monoisotopic (exact) mass is 516 g/mol. The average Bonchev–Trinajstić information content (AvgIpc) is 2.83. The van der Waals surface area contributed by atoms with Crippen LogP contribution < -0.4 is 15.4 Å². The van der Waals surface area contributed by atoms with Crippen molar-refractivity contribution in [1.82, 2.24) is 10.2 Å². The highest BCUT2D eigenvalue weighted by atomic mass is 35.5. The van der Waals surface area contributed by atoms with Gasteiger partial charge in [-0.3, -0.25) is 19.3 Å². The zero-order valence-electron chi connectivity index (χ0n) is 20.2. The number of ether oxygens (including phenoxy) is 2. The summed E-state index contributed by atoms with van der Waals surface area (Å²) in [6.45, 7) is 3.88. The number of anilines is 1. The molecule has 0 aliphatic carbocycles. The number of methoxy groups -OCH3 is 1. The summed E-state index contributed by atoms with van der Waals surface area (Å²) < 4.78 is 10.2. The molecule has 2 aromatic carbocycles. The first-order valence-electron chi connectivity index (χ1n) is 11.4. The van der Waals surface area contributed by atoms with Crippen LogP contribution in [0.25, 0.3) is 0 Å². The molecule has 0 radical (unpaired) electrons. The molecule has 2 unspecified atom stereocenters. The standard InChI is InChI=1S/C25H29ClN4O6/c1-15(2)36-19-10-8-18(9-11-19)28-25-29-23(33)21(22(32)27-13-12-20(31)35-3)24(34)30(25)14-16-4-6-17(26)7-5-16/h4-11,15,21,23,33H,12-14H2,1-3H3,(H,27,32)(H,28,29). The van der Waals surface area contributed by atoms with E-state index < -0.39 is 29.9 Å². The zero-order chi connectivity index (χ0) is 26.2. The van der Waals surface area contributed by atoms with Gasteiger partial charge in [-0.15, -0.1) is 0 Å². The molecule has 3 N–H and O–H groups in total. The molecule has 10 nitrogen and oxygen atoms in total. The maximum atomic E-state index is 13.4. The number of aliphatic imine (C=N–C) groups is 1. The Morgan fingerprint density at radius 2 is 1.81 bits per heavy atom. The number of aliphatic hydroxyl groups excluding tert-OH is 1. The lowest BCUT2D eigenvalue weighted by Gasteiger charge is -2.34. The molecule has 36 heavy (non-hydrogen) atoms. The lowest BCUT2D eigenvalue weighted by atomic mass is 10.0. The summed E-state index contributed by atoms with van der Waals surface area (Å²) in [6.07, 6.45) is -1.67. The molecule has 0 fully saturated rings. The zero-order valence-corrected chi connectivity index (χ0v) is 21.0. The normalized spacial score (nSPS) is 17.4. The molecule has 2 atom stereocenters. The van der Waals surface area contributed by atoms with Crippen LogP contribution in [0.15, 0.2) is 53.5 Å². The van der Waals surface area contributed by atoms with Gasteiger partial charge in [-0.2, -0.15) is 0 Å². The summed E-state index contributed by atoms with van der Waals surface area (Å²) in [5.41, 5.74) is 1.34. The number of hydrogen-bond donors (Lipinski definition) is 3. The van der Waals surface area contributed by atoms with E-state index in [4.69, 9.17) is 16.3 Å². The number of rotatable bonds is 9. The highest BCUT2D eigenvalue weighted by molar-refractivity contribution is 6.30. The molecule has 11 heteroatoms. The van der Waals surface area contributed by atoms with E-state index >= 15 is 0 Å². The fraction of sp³-hybridized carbons (Fsp3) is 0.360. The Bertz CT molecular complexity index is 1100. The van der Waals surface area contributed by atoms with E-state index in [9.17, 15) is 19.5 Å². The van der Waals surface area contributed by atoms with Gasteiger partial charge >= 0.3 is 5.97 Å². The molecule has 0 aromatic heterocycles. The van der Waals surface area contributed by atoms with Gasteiger partial charge in [-0.25, -0.2) is 4.99 Å². The van der Waals surface area contributed by atoms with E-state index in [2.05, 4.69) is 20.4 Å². The van der Waals surface area contributed by atoms with Crippen LogP contribution in [0.5, 0.6) is 5.75 Å². The number of halogens is 1. The van der Waals surface area contributed by atoms with Crippen molar-refractivity contribution in [2.45, 2.75) is 39.1 Å². The molecule has 1 heterocycles. The van der Waals surface area contributed by atoms with Crippen LogP contribution in [0, 0.1) is 5.92 Å². The third-order valence-electron chi connectivity index (χ3n) is 5.22. The van der Waals surface area contributed by atoms with Crippen LogP contribution in [0.4, 0.5) is 5.69 Å². The van der Waals surface area contributed by atoms with Gasteiger partial charge in [0.15, 0.2) is 12.1 Å². The van der Waals surface area contributed by atoms with Crippen molar-refractivity contribution >= 4 is 41.0 Å². The maximum absolute atomic E-state index is 13.4. The van der Waals surface area contributed by atoms with E-state index in [0.29, 0.717) is 16.5 Å². The minimum atomic E-state index is -1.62. The van der Waals surface area contributed by atoms with E-state index in [1.807, 2.05) is 13.8 Å². The molecular weight excluding hydrogens is 488 g/mol. The topological polar surface area (TPSA) is 130 Å². The number of hydrogen-bond acceptors (Lipinski definition) is 8. The lowest BCUT2D eigenvalue weighted by molar-refractivity contribution is -0.145. The predicted octanol–water partition coefficient (Wildman–Crippen LogP) is 2.55. The van der Waals surface area contributed by atoms with Gasteiger partial charge in [-0.1, -0.05) is 23.7 Å². The SMILES string of the molecule is COC(=O)CCNC(=O)C1C(=O)N(Cc2ccc(Cl)cc2)C(Nc2ccc(OC(C)C)cc2)=NC1O. The van der Waals surface area contributed by atoms with Crippen LogP contribution in [-0.4, -0.2) is 59.7 Å². The molecule has 1 aliphatic rings. The molecule has 2 amide bonds. The maximum Gasteiger partial charge on any atom is 0.307 e. The van der Waals surface area contributed by atoms with Gasteiger partial charge in [0.2, 0.25) is 17.8 Å². The van der Waals surface area contributed by atoms with Crippen molar-refractivity contribution in [1.29, 1.82) is 0 Å². The second kappa shape index (κ2) is 12.4. The summed E-state index contributed by atoms with van der Waals surface area (Å²) >= 11 is 5.98. The quantitative estimate of drug-likeness (QED) is 0.345. The summed E-state index contributed by atoms with van der Waals surface area (Å²) in [4.78, 5) is 43.0. The molecule has 0 spiro atoms. The number of guanidine groups is 1. The number of carbonyl (C=O) groups excluding carboxylic acids is 3. The van der Waals surface area contributed by atoms with Crippen LogP contribution in [0.2, 0.25) is 5.02 Å². The number of esters is 1. The second-order valence-corrected chi connectivity index (χ2v) is 8.76. The predicted molar refractivity (Wildman–Crippen MR) is 134 cm³/mol. The Morgan fingerprint density at radius 3 is 2.42 bits per heavy atom. The van der Waals surface area contributed by atoms with Crippen molar-refractivity contribution in [2.24, 2.45) is 10.9 Å². The van der Waals surface area contributed by atoms with Gasteiger partial charge in [-0.05, 0) is 55.8 Å². The van der Waals surface area contributed by atoms with Crippen molar-refractivity contribution < 1.29 is 29.0 Å². The minimum Gasteiger partial charge on any atom is -0.491 e. The van der Waals surface area contributed by atoms with Gasteiger partial charge in [0, 0.05) is 17.3 Å². The van der Waals surface area contributed by atoms with Crippen LogP contribution in [0.1, 0.15) is 25.8 Å². The number of amides is 2. The molecular formula is C25H29ClN4O6. The number of carbonyl (C=O) groups is 3. The van der Waals surface area contributed by atoms with E-state index in [0.717, 1.165) is 5.56 Å². The number of nitrogens with one attached hydrogen (secondary N) is 2. The van der Waals surface area contributed by atoms with E-state index in [-0.39, 0.29) is 31.6 Å². The Hall–Kier alpha value is -3.63. The minimum absolute atomic E-state index is 0.0184. The summed E-state index contributed by atoms with van der Waals surface area (Å²) in [6, 6.07) is 13.9. The Labute approximate surface area is 214 Å². The molecule has 1 aliphatic heterocycles. The van der Waals surface area contributed by atoms with E-state index in [1.54, 1.807) is 48.5 Å². The molecule has 3 rings (SSSR count). The highest BCUT2D eigenvalue weighted by Gasteiger charge is 2.42. The fourth-order valence-corrected chi connectivity index (χ4v) is 3.59. The fourth-order valence-electron chi connectivity index (χ4n) is 3.46. The van der Waals surface area contributed by atoms with Crippen molar-refractivity contribution in [3.63, 3.8) is 0 Å². The van der Waals surface area contributed by atoms with Gasteiger partial charge in [0.05, 0.1) is 26.2 Å². The highest BCUT2D eigenvalue weighted by Crippen LogP contribution is 2.23. The molecule has 0 saturated heterocycles. The number of benzene rings is 2. The molecule has 0 saturated carbocycles. The van der Waals surface area contributed by atoms with Gasteiger partial charge in [0.25, 0.3) is 0 Å². The van der Waals surface area contributed by atoms with Crippen molar-refractivity contribution in [3.05, 3.63) is 59.1 Å². The first-order valence-corrected chi connectivity index (χ1v) is 11.8. The van der Waals surface area contributed by atoms with Gasteiger partial charge < -0.3 is 25.2 Å². The van der Waals surface area contributed by atoms with Crippen LogP contribution in [-0.2, 0) is 25.7 Å². The molecule has 2 aromatic rings. The smallest absolute Gasteiger partial charge is 0.307 e. The largest absolute Gasteiger partial charge is 0.491 e. The Kier molecular flexibility index (Phi) is 9.26. The number of aliphatic hydroxyl groups is 1. The van der Waals surface area contributed by atoms with Crippen molar-refractivity contribution in [2.75, 3.05) is 19.0 Å². The third-order valence-corrected chi connectivity index (χ3v) is 5.47. The average molecular weight is 517 g/mol. The molecule has 0 bridgehead atoms. The summed E-state index contributed by atoms with van der Waals surface area (Å²) in [7, 11) is 1.24. The Morgan fingerprint density at radius 1 is 1.14 bits per heavy atom. The second-order valence-electron chi connectivity index (χ2n) is 8.33. The van der Waals surface area contributed by atoms with Gasteiger partial charge in [0.1, 0.15) is 5.75 Å². The first kappa shape index (κ1) is 27.0. The molecule has 192 valence electrons. The first-order chi connectivity index (χ1) is 17.2. The van der Waals surface area contributed by atoms with Crippen molar-refractivity contribution in [3.8, 4) is 5.75 Å². The van der Waals surface area contributed by atoms with Crippen LogP contribution >= 0.6 is 11.6 Å². The van der Waals surface area contributed by atoms with Crippen LogP contribution in [0.3, 0.4) is 0 Å². The third kappa shape index (κ3) is 7.19. The Balaban J connectivity index is 1.83. The number of nitrogens with zero attached hydrogens (tertiary/aromatic N) is 2.